The third-order valence-corrected chi connectivity index (χ3v) is 2.69. The molecule has 0 radical (unpaired) electrons. The van der Waals surface area contributed by atoms with Crippen LogP contribution >= 0.6 is 0 Å². The first-order valence-corrected chi connectivity index (χ1v) is 7.20. The van der Waals surface area contributed by atoms with Crippen LogP contribution in [0.3, 0.4) is 0 Å². The highest BCUT2D eigenvalue weighted by atomic mass is 16.6. The Bertz CT molecular complexity index is 354. The molecule has 2 atom stereocenters. The molecule has 124 valence electrons. The van der Waals surface area contributed by atoms with Gasteiger partial charge in [-0.05, 0) is 32.6 Å². The highest BCUT2D eigenvalue weighted by Crippen LogP contribution is 2.22. The Labute approximate surface area is 127 Å². The van der Waals surface area contributed by atoms with Gasteiger partial charge in [0.2, 0.25) is 0 Å². The van der Waals surface area contributed by atoms with E-state index in [9.17, 15) is 14.7 Å². The van der Waals surface area contributed by atoms with Crippen LogP contribution in [0.5, 0.6) is 0 Å². The summed E-state index contributed by atoms with van der Waals surface area (Å²) in [4.78, 5) is 22.9. The molecule has 6 heteroatoms. The quantitative estimate of drug-likeness (QED) is 0.788. The smallest absolute Gasteiger partial charge is 0.407 e. The minimum Gasteiger partial charge on any atom is -0.479 e. The molecule has 0 aliphatic heterocycles. The fourth-order valence-corrected chi connectivity index (χ4v) is 1.64. The molecular weight excluding hydrogens is 274 g/mol. The van der Waals surface area contributed by atoms with Gasteiger partial charge in [0.25, 0.3) is 0 Å². The first-order chi connectivity index (χ1) is 9.36. The van der Waals surface area contributed by atoms with Gasteiger partial charge in [-0.15, -0.1) is 0 Å². The maximum Gasteiger partial charge on any atom is 0.407 e. The third kappa shape index (κ3) is 8.55. The topological polar surface area (TPSA) is 84.9 Å². The molecule has 0 aromatic heterocycles. The first kappa shape index (κ1) is 19.7. The molecule has 21 heavy (non-hydrogen) atoms. The van der Waals surface area contributed by atoms with E-state index in [0.29, 0.717) is 6.42 Å². The molecule has 1 amide bonds. The fraction of sp³-hybridized carbons (Fsp3) is 0.867. The summed E-state index contributed by atoms with van der Waals surface area (Å²) in [5.74, 6) is -1.00. The minimum absolute atomic E-state index is 0.129. The summed E-state index contributed by atoms with van der Waals surface area (Å²) in [5.41, 5.74) is -1.09. The molecular formula is C15H29NO5. The molecule has 2 N–H and O–H groups in total. The van der Waals surface area contributed by atoms with Gasteiger partial charge in [-0.3, -0.25) is 0 Å². The van der Waals surface area contributed by atoms with Gasteiger partial charge in [0, 0.05) is 0 Å². The number of carboxylic acids is 1. The summed E-state index contributed by atoms with van der Waals surface area (Å²) in [5, 5.41) is 11.9. The van der Waals surface area contributed by atoms with E-state index in [2.05, 4.69) is 5.32 Å². The van der Waals surface area contributed by atoms with Crippen molar-refractivity contribution in [2.24, 2.45) is 5.41 Å². The van der Waals surface area contributed by atoms with Crippen molar-refractivity contribution >= 4 is 12.1 Å². The number of carboxylic acid groups (broad SMARTS) is 1. The van der Waals surface area contributed by atoms with Crippen molar-refractivity contribution in [2.45, 2.75) is 72.6 Å². The molecule has 0 bridgehead atoms. The van der Waals surface area contributed by atoms with Gasteiger partial charge in [-0.1, -0.05) is 27.7 Å². The monoisotopic (exact) mass is 303 g/mol. The number of rotatable bonds is 6. The molecule has 0 rings (SSSR count). The van der Waals surface area contributed by atoms with E-state index in [4.69, 9.17) is 9.47 Å². The molecule has 0 saturated heterocycles. The first-order valence-electron chi connectivity index (χ1n) is 7.20. The number of amides is 1. The fourth-order valence-electron chi connectivity index (χ4n) is 1.64. The number of alkyl carbamates (subject to hydrolysis) is 1. The van der Waals surface area contributed by atoms with Gasteiger partial charge < -0.3 is 19.9 Å². The van der Waals surface area contributed by atoms with Crippen LogP contribution in [-0.4, -0.2) is 41.5 Å². The van der Waals surface area contributed by atoms with Crippen molar-refractivity contribution in [1.82, 2.24) is 5.32 Å². The zero-order valence-electron chi connectivity index (χ0n) is 14.1. The van der Waals surface area contributed by atoms with E-state index >= 15 is 0 Å². The molecule has 0 aromatic carbocycles. The second-order valence-corrected chi connectivity index (χ2v) is 7.17. The van der Waals surface area contributed by atoms with Crippen LogP contribution < -0.4 is 5.32 Å². The normalized spacial score (nSPS) is 15.2. The lowest BCUT2D eigenvalue weighted by atomic mass is 9.89. The Kier molecular flexibility index (Phi) is 7.16. The summed E-state index contributed by atoms with van der Waals surface area (Å²) in [7, 11) is 0. The number of carbonyl (C=O) groups is 2. The molecule has 0 heterocycles. The largest absolute Gasteiger partial charge is 0.479 e. The number of aliphatic carboxylic acids is 1. The number of hydrogen-bond donors (Lipinski definition) is 2. The van der Waals surface area contributed by atoms with Crippen LogP contribution in [0.4, 0.5) is 4.79 Å². The van der Waals surface area contributed by atoms with Crippen LogP contribution in [0.1, 0.15) is 54.9 Å². The molecule has 0 aliphatic carbocycles. The highest BCUT2D eigenvalue weighted by molar-refractivity contribution is 5.73. The van der Waals surface area contributed by atoms with Crippen LogP contribution in [0, 0.1) is 5.41 Å². The number of nitrogens with one attached hydrogen (secondary N) is 1. The third-order valence-electron chi connectivity index (χ3n) is 2.69. The number of ether oxygens (including phenoxy) is 2. The van der Waals surface area contributed by atoms with Crippen LogP contribution in [0.15, 0.2) is 0 Å². The maximum atomic E-state index is 11.7. The molecule has 6 nitrogen and oxygen atoms in total. The van der Waals surface area contributed by atoms with Gasteiger partial charge in [-0.2, -0.15) is 0 Å². The van der Waals surface area contributed by atoms with E-state index in [1.807, 2.05) is 6.92 Å². The number of hydrogen-bond acceptors (Lipinski definition) is 4. The van der Waals surface area contributed by atoms with Gasteiger partial charge in [0.05, 0.1) is 12.6 Å². The summed E-state index contributed by atoms with van der Waals surface area (Å²) >= 11 is 0. The highest BCUT2D eigenvalue weighted by Gasteiger charge is 2.33. The zero-order chi connectivity index (χ0) is 16.8. The van der Waals surface area contributed by atoms with Crippen LogP contribution in [-0.2, 0) is 14.3 Å². The van der Waals surface area contributed by atoms with Crippen molar-refractivity contribution in [1.29, 1.82) is 0 Å². The zero-order valence-corrected chi connectivity index (χ0v) is 14.1. The van der Waals surface area contributed by atoms with Crippen molar-refractivity contribution in [3.63, 3.8) is 0 Å². The van der Waals surface area contributed by atoms with Gasteiger partial charge in [0.1, 0.15) is 5.60 Å². The molecule has 0 aromatic rings. The Hall–Kier alpha value is -1.30. The average Bonchev–Trinajstić information content (AvgIpc) is 2.22. The predicted molar refractivity (Wildman–Crippen MR) is 80.3 cm³/mol. The molecule has 0 saturated carbocycles. The molecule has 1 unspecified atom stereocenters. The van der Waals surface area contributed by atoms with E-state index in [1.165, 1.54) is 0 Å². The number of carbonyl (C=O) groups excluding carboxylic acids is 1. The van der Waals surface area contributed by atoms with Gasteiger partial charge in [0.15, 0.2) is 6.10 Å². The lowest BCUT2D eigenvalue weighted by Gasteiger charge is -2.29. The Morgan fingerprint density at radius 3 is 2.00 bits per heavy atom. The van der Waals surface area contributed by atoms with Crippen molar-refractivity contribution in [3.05, 3.63) is 0 Å². The van der Waals surface area contributed by atoms with Crippen molar-refractivity contribution in [2.75, 3.05) is 6.61 Å². The van der Waals surface area contributed by atoms with Crippen molar-refractivity contribution in [3.8, 4) is 0 Å². The van der Waals surface area contributed by atoms with E-state index < -0.39 is 29.2 Å². The van der Waals surface area contributed by atoms with Crippen LogP contribution in [0.2, 0.25) is 0 Å². The molecule has 0 fully saturated rings. The summed E-state index contributed by atoms with van der Waals surface area (Å²) in [6.07, 6.45) is -0.831. The van der Waals surface area contributed by atoms with Crippen molar-refractivity contribution < 1.29 is 24.2 Å². The SMILES string of the molecule is CCC(CO[C@H](C(=O)O)C(C)(C)C)NC(=O)OC(C)(C)C. The minimum atomic E-state index is -1.00. The average molecular weight is 303 g/mol. The van der Waals surface area contributed by atoms with E-state index in [-0.39, 0.29) is 12.6 Å². The Balaban J connectivity index is 4.51. The second kappa shape index (κ2) is 7.64. The summed E-state index contributed by atoms with van der Waals surface area (Å²) in [6.45, 7) is 12.8. The summed E-state index contributed by atoms with van der Waals surface area (Å²) < 4.78 is 10.7. The van der Waals surface area contributed by atoms with Gasteiger partial charge in [-0.25, -0.2) is 9.59 Å². The van der Waals surface area contributed by atoms with Crippen LogP contribution in [0.25, 0.3) is 0 Å². The van der Waals surface area contributed by atoms with E-state index in [0.717, 1.165) is 0 Å². The Morgan fingerprint density at radius 1 is 1.14 bits per heavy atom. The second-order valence-electron chi connectivity index (χ2n) is 7.17. The van der Waals surface area contributed by atoms with E-state index in [1.54, 1.807) is 41.5 Å². The predicted octanol–water partition coefficient (Wildman–Crippen LogP) is 2.81. The maximum absolute atomic E-state index is 11.7. The van der Waals surface area contributed by atoms with Gasteiger partial charge >= 0.3 is 12.1 Å². The standard InChI is InChI=1S/C15H29NO5/c1-8-10(16-13(19)21-15(5,6)7)9-20-11(12(17)18)14(2,3)4/h10-11H,8-9H2,1-7H3,(H,16,19)(H,17,18)/t10?,11-/m1/s1. The Morgan fingerprint density at radius 2 is 1.67 bits per heavy atom. The molecule has 0 aliphatic rings. The lowest BCUT2D eigenvalue weighted by Crippen LogP contribution is -2.44. The lowest BCUT2D eigenvalue weighted by molar-refractivity contribution is -0.158. The summed E-state index contributed by atoms with van der Waals surface area (Å²) in [6, 6.07) is -0.288. The molecule has 0 spiro atoms.